The summed E-state index contributed by atoms with van der Waals surface area (Å²) >= 11 is 3.46. The molecule has 4 nitrogen and oxygen atoms in total. The Balaban J connectivity index is 2.34. The number of nitrogens with one attached hydrogen (secondary N) is 1. The first-order valence-corrected chi connectivity index (χ1v) is 6.91. The van der Waals surface area contributed by atoms with Crippen molar-refractivity contribution in [1.82, 2.24) is 5.32 Å². The molecule has 0 radical (unpaired) electrons. The molecule has 2 unspecified atom stereocenters. The van der Waals surface area contributed by atoms with Crippen LogP contribution in [0.2, 0.25) is 0 Å². The van der Waals surface area contributed by atoms with E-state index in [9.17, 15) is 4.79 Å². The van der Waals surface area contributed by atoms with Crippen molar-refractivity contribution in [2.24, 2.45) is 11.7 Å². The van der Waals surface area contributed by atoms with Gasteiger partial charge in [0.1, 0.15) is 6.04 Å². The number of hydrogen-bond acceptors (Lipinski definition) is 3. The zero-order valence-electron chi connectivity index (χ0n) is 10.4. The first kappa shape index (κ1) is 13.4. The number of halogens is 1. The minimum atomic E-state index is -0.288. The fraction of sp³-hybridized carbons (Fsp3) is 0.462. The van der Waals surface area contributed by atoms with E-state index in [4.69, 9.17) is 5.73 Å². The molecule has 0 spiro atoms. The third kappa shape index (κ3) is 2.84. The summed E-state index contributed by atoms with van der Waals surface area (Å²) in [6.45, 7) is 3.99. The van der Waals surface area contributed by atoms with E-state index in [1.54, 1.807) is 0 Å². The predicted octanol–water partition coefficient (Wildman–Crippen LogP) is 1.35. The minimum Gasteiger partial charge on any atom is -0.358 e. The molecular formula is C13H18BrN3O. The molecule has 18 heavy (non-hydrogen) atoms. The average molecular weight is 312 g/mol. The molecule has 1 saturated heterocycles. The Morgan fingerprint density at radius 1 is 1.56 bits per heavy atom. The molecule has 2 rings (SSSR count). The number of benzene rings is 1. The molecule has 0 bridgehead atoms. The molecule has 1 fully saturated rings. The number of rotatable bonds is 2. The van der Waals surface area contributed by atoms with Gasteiger partial charge in [-0.3, -0.25) is 4.79 Å². The lowest BCUT2D eigenvalue weighted by Crippen LogP contribution is -2.49. The van der Waals surface area contributed by atoms with Gasteiger partial charge in [-0.1, -0.05) is 28.9 Å². The standard InChI is InChI=1S/C13H18BrN3O/c1-9-7-16-13(18)12(6-15)17(8-9)11-4-2-3-10(14)5-11/h2-5,9,12H,6-8,15H2,1H3,(H,16,18). The highest BCUT2D eigenvalue weighted by Crippen LogP contribution is 2.23. The lowest BCUT2D eigenvalue weighted by molar-refractivity contribution is -0.121. The maximum absolute atomic E-state index is 12.0. The normalized spacial score (nSPS) is 24.6. The summed E-state index contributed by atoms with van der Waals surface area (Å²) in [7, 11) is 0. The molecule has 0 aliphatic carbocycles. The van der Waals surface area contributed by atoms with Gasteiger partial charge in [0.05, 0.1) is 0 Å². The molecular weight excluding hydrogens is 294 g/mol. The minimum absolute atomic E-state index is 0.0156. The SMILES string of the molecule is CC1CNC(=O)C(CN)N(c2cccc(Br)c2)C1. The van der Waals surface area contributed by atoms with Crippen LogP contribution in [0.5, 0.6) is 0 Å². The molecule has 0 saturated carbocycles. The average Bonchev–Trinajstić information content (AvgIpc) is 2.49. The van der Waals surface area contributed by atoms with Gasteiger partial charge in [-0.2, -0.15) is 0 Å². The van der Waals surface area contributed by atoms with E-state index < -0.39 is 0 Å². The van der Waals surface area contributed by atoms with Gasteiger partial charge in [0.15, 0.2) is 0 Å². The van der Waals surface area contributed by atoms with E-state index >= 15 is 0 Å². The highest BCUT2D eigenvalue weighted by Gasteiger charge is 2.29. The fourth-order valence-electron chi connectivity index (χ4n) is 2.24. The summed E-state index contributed by atoms with van der Waals surface area (Å²) in [5, 5.41) is 2.94. The lowest BCUT2D eigenvalue weighted by atomic mass is 10.1. The van der Waals surface area contributed by atoms with Crippen LogP contribution in [-0.2, 0) is 4.79 Å². The van der Waals surface area contributed by atoms with Crippen LogP contribution < -0.4 is 16.0 Å². The predicted molar refractivity (Wildman–Crippen MR) is 76.5 cm³/mol. The quantitative estimate of drug-likeness (QED) is 0.867. The zero-order chi connectivity index (χ0) is 13.1. The number of nitrogens with zero attached hydrogens (tertiary/aromatic N) is 1. The Morgan fingerprint density at radius 3 is 3.00 bits per heavy atom. The van der Waals surface area contributed by atoms with Crippen LogP contribution in [0.25, 0.3) is 0 Å². The number of nitrogens with two attached hydrogens (primary N) is 1. The molecule has 3 N–H and O–H groups in total. The largest absolute Gasteiger partial charge is 0.358 e. The van der Waals surface area contributed by atoms with Gasteiger partial charge >= 0.3 is 0 Å². The zero-order valence-corrected chi connectivity index (χ0v) is 12.0. The van der Waals surface area contributed by atoms with Crippen LogP contribution in [-0.4, -0.2) is 31.6 Å². The Hall–Kier alpha value is -1.07. The van der Waals surface area contributed by atoms with Crippen molar-refractivity contribution < 1.29 is 4.79 Å². The number of hydrogen-bond donors (Lipinski definition) is 2. The van der Waals surface area contributed by atoms with Gasteiger partial charge in [0.2, 0.25) is 5.91 Å². The third-order valence-corrected chi connectivity index (χ3v) is 3.67. The summed E-state index contributed by atoms with van der Waals surface area (Å²) in [5.74, 6) is 0.423. The smallest absolute Gasteiger partial charge is 0.244 e. The van der Waals surface area contributed by atoms with Crippen LogP contribution in [0.1, 0.15) is 6.92 Å². The molecule has 1 aliphatic rings. The van der Waals surface area contributed by atoms with Crippen LogP contribution in [0.15, 0.2) is 28.7 Å². The van der Waals surface area contributed by atoms with Crippen molar-refractivity contribution in [3.05, 3.63) is 28.7 Å². The van der Waals surface area contributed by atoms with Crippen molar-refractivity contribution >= 4 is 27.5 Å². The van der Waals surface area contributed by atoms with Gasteiger partial charge in [0, 0.05) is 29.8 Å². The topological polar surface area (TPSA) is 58.4 Å². The van der Waals surface area contributed by atoms with Gasteiger partial charge in [-0.05, 0) is 24.1 Å². The number of carbonyl (C=O) groups is 1. The Labute approximate surface area is 116 Å². The second-order valence-corrected chi connectivity index (χ2v) is 5.65. The molecule has 98 valence electrons. The van der Waals surface area contributed by atoms with E-state index in [2.05, 4.69) is 33.1 Å². The molecule has 1 aromatic carbocycles. The summed E-state index contributed by atoms with van der Waals surface area (Å²) in [4.78, 5) is 14.1. The maximum Gasteiger partial charge on any atom is 0.244 e. The molecule has 0 aromatic heterocycles. The lowest BCUT2D eigenvalue weighted by Gasteiger charge is -2.30. The van der Waals surface area contributed by atoms with Gasteiger partial charge < -0.3 is 16.0 Å². The summed E-state index contributed by atoms with van der Waals surface area (Å²) in [5.41, 5.74) is 6.79. The fourth-order valence-corrected chi connectivity index (χ4v) is 2.62. The summed E-state index contributed by atoms with van der Waals surface area (Å²) < 4.78 is 1.01. The van der Waals surface area contributed by atoms with Crippen LogP contribution >= 0.6 is 15.9 Å². The highest BCUT2D eigenvalue weighted by atomic mass is 79.9. The molecule has 1 aliphatic heterocycles. The van der Waals surface area contributed by atoms with Crippen molar-refractivity contribution in [2.45, 2.75) is 13.0 Å². The second kappa shape index (κ2) is 5.71. The van der Waals surface area contributed by atoms with E-state index in [-0.39, 0.29) is 11.9 Å². The van der Waals surface area contributed by atoms with Crippen LogP contribution in [0.3, 0.4) is 0 Å². The Bertz CT molecular complexity index is 438. The summed E-state index contributed by atoms with van der Waals surface area (Å²) in [6, 6.07) is 7.69. The van der Waals surface area contributed by atoms with Crippen molar-refractivity contribution in [3.63, 3.8) is 0 Å². The van der Waals surface area contributed by atoms with E-state index in [1.165, 1.54) is 0 Å². The molecule has 1 heterocycles. The molecule has 2 atom stereocenters. The molecule has 1 amide bonds. The number of anilines is 1. The second-order valence-electron chi connectivity index (χ2n) is 4.73. The van der Waals surface area contributed by atoms with Crippen molar-refractivity contribution in [3.8, 4) is 0 Å². The van der Waals surface area contributed by atoms with Gasteiger partial charge in [-0.15, -0.1) is 0 Å². The van der Waals surface area contributed by atoms with Crippen LogP contribution in [0, 0.1) is 5.92 Å². The Morgan fingerprint density at radius 2 is 2.33 bits per heavy atom. The first-order valence-electron chi connectivity index (χ1n) is 6.12. The Kier molecular flexibility index (Phi) is 4.24. The van der Waals surface area contributed by atoms with Crippen LogP contribution in [0.4, 0.5) is 5.69 Å². The van der Waals surface area contributed by atoms with E-state index in [0.29, 0.717) is 19.0 Å². The highest BCUT2D eigenvalue weighted by molar-refractivity contribution is 9.10. The maximum atomic E-state index is 12.0. The number of carbonyl (C=O) groups excluding carboxylic acids is 1. The van der Waals surface area contributed by atoms with Crippen molar-refractivity contribution in [2.75, 3.05) is 24.5 Å². The van der Waals surface area contributed by atoms with E-state index in [1.807, 2.05) is 24.3 Å². The number of amides is 1. The summed E-state index contributed by atoms with van der Waals surface area (Å²) in [6.07, 6.45) is 0. The van der Waals surface area contributed by atoms with Crippen molar-refractivity contribution in [1.29, 1.82) is 0 Å². The van der Waals surface area contributed by atoms with E-state index in [0.717, 1.165) is 16.7 Å². The molecule has 1 aromatic rings. The van der Waals surface area contributed by atoms with Gasteiger partial charge in [-0.25, -0.2) is 0 Å². The molecule has 5 heteroatoms. The van der Waals surface area contributed by atoms with Gasteiger partial charge in [0.25, 0.3) is 0 Å². The third-order valence-electron chi connectivity index (χ3n) is 3.18. The monoisotopic (exact) mass is 311 g/mol. The first-order chi connectivity index (χ1) is 8.61.